The summed E-state index contributed by atoms with van der Waals surface area (Å²) in [4.78, 5) is 2.47. The normalized spacial score (nSPS) is 27.5. The van der Waals surface area contributed by atoms with Gasteiger partial charge in [-0.1, -0.05) is 31.9 Å². The van der Waals surface area contributed by atoms with Crippen LogP contribution >= 0.6 is 0 Å². The first-order chi connectivity index (χ1) is 10.3. The molecule has 1 N–H and O–H groups in total. The van der Waals surface area contributed by atoms with Gasteiger partial charge in [0.1, 0.15) is 0 Å². The van der Waals surface area contributed by atoms with Crippen LogP contribution in [0.15, 0.2) is 24.3 Å². The lowest BCUT2D eigenvalue weighted by Gasteiger charge is -2.30. The van der Waals surface area contributed by atoms with Gasteiger partial charge in [0.05, 0.1) is 13.2 Å². The van der Waals surface area contributed by atoms with Crippen molar-refractivity contribution in [2.45, 2.75) is 45.2 Å². The first-order valence-corrected chi connectivity index (χ1v) is 8.47. The molecule has 2 atom stereocenters. The van der Waals surface area contributed by atoms with Gasteiger partial charge in [0.25, 0.3) is 0 Å². The van der Waals surface area contributed by atoms with Crippen LogP contribution in [0.2, 0.25) is 0 Å². The molecule has 3 rings (SSSR count). The molecule has 1 heterocycles. The van der Waals surface area contributed by atoms with E-state index in [2.05, 4.69) is 41.4 Å². The lowest BCUT2D eigenvalue weighted by Crippen LogP contribution is -2.35. The highest BCUT2D eigenvalue weighted by Crippen LogP contribution is 2.27. The minimum atomic E-state index is 0.656. The van der Waals surface area contributed by atoms with E-state index in [0.717, 1.165) is 38.8 Å². The number of morpholine rings is 1. The zero-order chi connectivity index (χ0) is 14.5. The predicted octanol–water partition coefficient (Wildman–Crippen LogP) is 3.51. The lowest BCUT2D eigenvalue weighted by atomic mass is 9.86. The molecule has 116 valence electrons. The Morgan fingerprint density at radius 1 is 1.10 bits per heavy atom. The molecule has 3 heteroatoms. The number of benzene rings is 1. The Labute approximate surface area is 128 Å². The van der Waals surface area contributed by atoms with Crippen molar-refractivity contribution in [1.82, 2.24) is 4.90 Å². The fourth-order valence-electron chi connectivity index (χ4n) is 3.47. The van der Waals surface area contributed by atoms with Crippen molar-refractivity contribution in [3.05, 3.63) is 29.8 Å². The van der Waals surface area contributed by atoms with Crippen LogP contribution in [0.3, 0.4) is 0 Å². The van der Waals surface area contributed by atoms with E-state index in [1.807, 2.05) is 0 Å². The van der Waals surface area contributed by atoms with Gasteiger partial charge < -0.3 is 10.1 Å². The van der Waals surface area contributed by atoms with Crippen LogP contribution in [0.1, 0.15) is 38.2 Å². The summed E-state index contributed by atoms with van der Waals surface area (Å²) in [6.45, 7) is 7.28. The molecule has 0 spiro atoms. The molecule has 0 bridgehead atoms. The van der Waals surface area contributed by atoms with Crippen molar-refractivity contribution >= 4 is 5.69 Å². The Bertz CT molecular complexity index is 425. The molecule has 1 aliphatic carbocycles. The fraction of sp³-hybridized carbons (Fsp3) is 0.667. The van der Waals surface area contributed by atoms with E-state index in [1.165, 1.54) is 36.9 Å². The van der Waals surface area contributed by atoms with Gasteiger partial charge in [-0.2, -0.15) is 0 Å². The molecule has 1 aliphatic heterocycles. The summed E-state index contributed by atoms with van der Waals surface area (Å²) in [6.07, 6.45) is 5.46. The molecule has 21 heavy (non-hydrogen) atoms. The van der Waals surface area contributed by atoms with E-state index in [-0.39, 0.29) is 0 Å². The van der Waals surface area contributed by atoms with E-state index < -0.39 is 0 Å². The summed E-state index contributed by atoms with van der Waals surface area (Å²) in [5.41, 5.74) is 2.68. The molecular weight excluding hydrogens is 260 g/mol. The molecule has 2 aliphatic rings. The van der Waals surface area contributed by atoms with Crippen LogP contribution < -0.4 is 5.32 Å². The van der Waals surface area contributed by atoms with Crippen LogP contribution in [-0.2, 0) is 11.3 Å². The van der Waals surface area contributed by atoms with Gasteiger partial charge in [-0.3, -0.25) is 4.90 Å². The minimum absolute atomic E-state index is 0.656. The Morgan fingerprint density at radius 2 is 1.81 bits per heavy atom. The second-order valence-electron chi connectivity index (χ2n) is 6.60. The number of hydrogen-bond donors (Lipinski definition) is 1. The number of nitrogens with zero attached hydrogens (tertiary/aromatic N) is 1. The van der Waals surface area contributed by atoms with Crippen molar-refractivity contribution in [3.63, 3.8) is 0 Å². The number of anilines is 1. The third-order valence-electron chi connectivity index (χ3n) is 4.93. The summed E-state index contributed by atoms with van der Waals surface area (Å²) in [6, 6.07) is 9.69. The Balaban J connectivity index is 1.53. The highest BCUT2D eigenvalue weighted by molar-refractivity contribution is 5.45. The quantitative estimate of drug-likeness (QED) is 0.917. The number of nitrogens with one attached hydrogen (secondary N) is 1. The van der Waals surface area contributed by atoms with Crippen LogP contribution in [0.4, 0.5) is 5.69 Å². The van der Waals surface area contributed by atoms with Gasteiger partial charge in [-0.15, -0.1) is 0 Å². The second kappa shape index (κ2) is 7.28. The fourth-order valence-corrected chi connectivity index (χ4v) is 3.47. The van der Waals surface area contributed by atoms with Gasteiger partial charge in [-0.05, 0) is 36.5 Å². The monoisotopic (exact) mass is 288 g/mol. The zero-order valence-corrected chi connectivity index (χ0v) is 13.2. The summed E-state index contributed by atoms with van der Waals surface area (Å²) in [5, 5.41) is 3.73. The van der Waals surface area contributed by atoms with Crippen LogP contribution in [0, 0.1) is 5.92 Å². The standard InChI is InChI=1S/C18H28N2O/c1-15-4-2-3-5-18(15)19-17-8-6-16(7-9-17)14-20-10-12-21-13-11-20/h6-9,15,18-19H,2-5,10-14H2,1H3. The molecule has 1 aromatic carbocycles. The van der Waals surface area contributed by atoms with Crippen molar-refractivity contribution in [2.24, 2.45) is 5.92 Å². The molecule has 0 aromatic heterocycles. The SMILES string of the molecule is CC1CCCCC1Nc1ccc(CN2CCOCC2)cc1. The maximum absolute atomic E-state index is 5.40. The molecule has 0 amide bonds. The predicted molar refractivity (Wildman–Crippen MR) is 87.6 cm³/mol. The third kappa shape index (κ3) is 4.21. The summed E-state index contributed by atoms with van der Waals surface area (Å²) in [7, 11) is 0. The smallest absolute Gasteiger partial charge is 0.0594 e. The average Bonchev–Trinajstić information content (AvgIpc) is 2.52. The summed E-state index contributed by atoms with van der Waals surface area (Å²) >= 11 is 0. The molecule has 3 nitrogen and oxygen atoms in total. The van der Waals surface area contributed by atoms with Gasteiger partial charge in [-0.25, -0.2) is 0 Å². The summed E-state index contributed by atoms with van der Waals surface area (Å²) in [5.74, 6) is 0.798. The van der Waals surface area contributed by atoms with E-state index in [4.69, 9.17) is 4.74 Å². The van der Waals surface area contributed by atoms with E-state index in [1.54, 1.807) is 0 Å². The molecule has 1 aromatic rings. The molecule has 1 saturated heterocycles. The first kappa shape index (κ1) is 14.9. The molecule has 2 fully saturated rings. The number of rotatable bonds is 4. The van der Waals surface area contributed by atoms with E-state index in [0.29, 0.717) is 6.04 Å². The van der Waals surface area contributed by atoms with Crippen molar-refractivity contribution in [1.29, 1.82) is 0 Å². The Hall–Kier alpha value is -1.06. The molecular formula is C18H28N2O. The highest BCUT2D eigenvalue weighted by atomic mass is 16.5. The Kier molecular flexibility index (Phi) is 5.15. The zero-order valence-electron chi connectivity index (χ0n) is 13.2. The topological polar surface area (TPSA) is 24.5 Å². The van der Waals surface area contributed by atoms with Gasteiger partial charge >= 0.3 is 0 Å². The molecule has 1 saturated carbocycles. The van der Waals surface area contributed by atoms with Gasteiger partial charge in [0, 0.05) is 31.4 Å². The maximum Gasteiger partial charge on any atom is 0.0594 e. The Morgan fingerprint density at radius 3 is 2.52 bits per heavy atom. The second-order valence-corrected chi connectivity index (χ2v) is 6.60. The van der Waals surface area contributed by atoms with Gasteiger partial charge in [0.2, 0.25) is 0 Å². The van der Waals surface area contributed by atoms with Crippen LogP contribution in [0.5, 0.6) is 0 Å². The minimum Gasteiger partial charge on any atom is -0.382 e. The third-order valence-corrected chi connectivity index (χ3v) is 4.93. The number of hydrogen-bond acceptors (Lipinski definition) is 3. The number of ether oxygens (including phenoxy) is 1. The van der Waals surface area contributed by atoms with E-state index in [9.17, 15) is 0 Å². The largest absolute Gasteiger partial charge is 0.382 e. The van der Waals surface area contributed by atoms with Gasteiger partial charge in [0.15, 0.2) is 0 Å². The van der Waals surface area contributed by atoms with Crippen molar-refractivity contribution in [2.75, 3.05) is 31.6 Å². The van der Waals surface area contributed by atoms with Crippen LogP contribution in [-0.4, -0.2) is 37.2 Å². The van der Waals surface area contributed by atoms with E-state index >= 15 is 0 Å². The lowest BCUT2D eigenvalue weighted by molar-refractivity contribution is 0.0342. The maximum atomic E-state index is 5.40. The molecule has 2 unspecified atom stereocenters. The van der Waals surface area contributed by atoms with Crippen molar-refractivity contribution in [3.8, 4) is 0 Å². The molecule has 0 radical (unpaired) electrons. The van der Waals surface area contributed by atoms with Crippen LogP contribution in [0.25, 0.3) is 0 Å². The first-order valence-electron chi connectivity index (χ1n) is 8.47. The summed E-state index contributed by atoms with van der Waals surface area (Å²) < 4.78 is 5.40. The average molecular weight is 288 g/mol. The van der Waals surface area contributed by atoms with Crippen molar-refractivity contribution < 1.29 is 4.74 Å². The highest BCUT2D eigenvalue weighted by Gasteiger charge is 2.20.